The molecule has 0 saturated carbocycles. The molecular formula is C11H20N2O5. The number of nitrogens with zero attached hydrogens (tertiary/aromatic N) is 1. The van der Waals surface area contributed by atoms with Crippen LogP contribution in [0, 0.1) is 0 Å². The fourth-order valence-corrected chi connectivity index (χ4v) is 2.30. The van der Waals surface area contributed by atoms with E-state index in [0.29, 0.717) is 26.3 Å². The Morgan fingerprint density at radius 1 is 1.22 bits per heavy atom. The van der Waals surface area contributed by atoms with Gasteiger partial charge < -0.3 is 30.3 Å². The first-order valence-corrected chi connectivity index (χ1v) is 6.20. The molecule has 2 rings (SSSR count). The van der Waals surface area contributed by atoms with Crippen molar-refractivity contribution in [1.82, 2.24) is 4.90 Å². The van der Waals surface area contributed by atoms with Crippen LogP contribution in [0.15, 0.2) is 0 Å². The highest BCUT2D eigenvalue weighted by Crippen LogP contribution is 2.23. The molecule has 0 aromatic rings. The van der Waals surface area contributed by atoms with Crippen LogP contribution in [-0.4, -0.2) is 78.3 Å². The van der Waals surface area contributed by atoms with Gasteiger partial charge in [0, 0.05) is 19.6 Å². The Balaban J connectivity index is 1.87. The number of morpholine rings is 1. The van der Waals surface area contributed by atoms with Gasteiger partial charge >= 0.3 is 0 Å². The Kier molecular flexibility index (Phi) is 4.52. The number of amides is 1. The molecule has 2 saturated heterocycles. The molecule has 7 nitrogen and oxygen atoms in total. The van der Waals surface area contributed by atoms with Gasteiger partial charge in [-0.15, -0.1) is 0 Å². The van der Waals surface area contributed by atoms with Crippen LogP contribution in [-0.2, 0) is 14.3 Å². The molecule has 0 aliphatic carbocycles. The molecule has 0 aromatic heterocycles. The summed E-state index contributed by atoms with van der Waals surface area (Å²) in [5, 5.41) is 19.4. The van der Waals surface area contributed by atoms with Gasteiger partial charge in [0.15, 0.2) is 0 Å². The van der Waals surface area contributed by atoms with E-state index in [2.05, 4.69) is 0 Å². The lowest BCUT2D eigenvalue weighted by molar-refractivity contribution is -0.139. The summed E-state index contributed by atoms with van der Waals surface area (Å²) in [5.41, 5.74) is 5.41. The second kappa shape index (κ2) is 5.94. The van der Waals surface area contributed by atoms with E-state index < -0.39 is 24.4 Å². The summed E-state index contributed by atoms with van der Waals surface area (Å²) >= 11 is 0. The van der Waals surface area contributed by atoms with E-state index in [0.717, 1.165) is 0 Å². The van der Waals surface area contributed by atoms with Crippen LogP contribution in [0.2, 0.25) is 0 Å². The first kappa shape index (κ1) is 13.7. The van der Waals surface area contributed by atoms with E-state index in [1.54, 1.807) is 4.90 Å². The largest absolute Gasteiger partial charge is 0.388 e. The predicted octanol–water partition coefficient (Wildman–Crippen LogP) is -2.32. The number of aliphatic hydroxyl groups excluding tert-OH is 2. The second-order valence-corrected chi connectivity index (χ2v) is 4.63. The van der Waals surface area contributed by atoms with Gasteiger partial charge in [-0.2, -0.15) is 0 Å². The minimum atomic E-state index is -1.05. The highest BCUT2D eigenvalue weighted by atomic mass is 16.5. The van der Waals surface area contributed by atoms with E-state index in [9.17, 15) is 15.0 Å². The van der Waals surface area contributed by atoms with Crippen LogP contribution < -0.4 is 5.73 Å². The van der Waals surface area contributed by atoms with E-state index >= 15 is 0 Å². The van der Waals surface area contributed by atoms with Gasteiger partial charge in [-0.05, 0) is 0 Å². The smallest absolute Gasteiger partial charge is 0.225 e. The Hall–Kier alpha value is -0.730. The van der Waals surface area contributed by atoms with E-state index in [4.69, 9.17) is 15.2 Å². The zero-order valence-electron chi connectivity index (χ0n) is 10.2. The zero-order valence-corrected chi connectivity index (χ0v) is 10.2. The number of hydrogen-bond acceptors (Lipinski definition) is 6. The summed E-state index contributed by atoms with van der Waals surface area (Å²) in [5.74, 6) is -0.0905. The maximum atomic E-state index is 12.0. The number of aliphatic hydroxyl groups is 2. The van der Waals surface area contributed by atoms with Crippen molar-refractivity contribution < 1.29 is 24.5 Å². The number of carbonyl (C=O) groups is 1. The fraction of sp³-hybridized carbons (Fsp3) is 0.909. The molecule has 7 heteroatoms. The van der Waals surface area contributed by atoms with Crippen molar-refractivity contribution in [2.45, 2.75) is 30.8 Å². The van der Waals surface area contributed by atoms with Crippen LogP contribution >= 0.6 is 0 Å². The molecule has 4 atom stereocenters. The third-order valence-electron chi connectivity index (χ3n) is 3.43. The number of nitrogens with two attached hydrogens (primary N) is 1. The minimum absolute atomic E-state index is 0.0642. The number of hydrogen-bond donors (Lipinski definition) is 3. The van der Waals surface area contributed by atoms with E-state index in [-0.39, 0.29) is 18.9 Å². The second-order valence-electron chi connectivity index (χ2n) is 4.63. The van der Waals surface area contributed by atoms with Gasteiger partial charge in [-0.1, -0.05) is 0 Å². The molecule has 18 heavy (non-hydrogen) atoms. The summed E-state index contributed by atoms with van der Waals surface area (Å²) in [6, 6.07) is 0. The maximum absolute atomic E-state index is 12.0. The van der Waals surface area contributed by atoms with Crippen LogP contribution in [0.25, 0.3) is 0 Å². The minimum Gasteiger partial charge on any atom is -0.388 e. The number of rotatable bonds is 3. The lowest BCUT2D eigenvalue weighted by Gasteiger charge is -2.28. The molecule has 0 aromatic carbocycles. The molecular weight excluding hydrogens is 240 g/mol. The molecule has 2 heterocycles. The fourth-order valence-electron chi connectivity index (χ4n) is 2.30. The SMILES string of the molecule is NC[C@H]1O[C@@H](CC(=O)N2CCOCC2)[C@H](O)[C@@H]1O. The van der Waals surface area contributed by atoms with Crippen LogP contribution in [0.4, 0.5) is 0 Å². The summed E-state index contributed by atoms with van der Waals surface area (Å²) in [6.45, 7) is 2.32. The Morgan fingerprint density at radius 3 is 2.39 bits per heavy atom. The molecule has 0 unspecified atom stereocenters. The van der Waals surface area contributed by atoms with Crippen molar-refractivity contribution in [2.24, 2.45) is 5.73 Å². The van der Waals surface area contributed by atoms with Crippen molar-refractivity contribution in [3.05, 3.63) is 0 Å². The summed E-state index contributed by atoms with van der Waals surface area (Å²) in [4.78, 5) is 13.6. The first-order chi connectivity index (χ1) is 8.63. The summed E-state index contributed by atoms with van der Waals surface area (Å²) in [7, 11) is 0. The molecule has 2 fully saturated rings. The normalized spacial score (nSPS) is 36.9. The van der Waals surface area contributed by atoms with Crippen LogP contribution in [0.5, 0.6) is 0 Å². The molecule has 4 N–H and O–H groups in total. The Labute approximate surface area is 105 Å². The van der Waals surface area contributed by atoms with E-state index in [1.807, 2.05) is 0 Å². The number of carbonyl (C=O) groups excluding carboxylic acids is 1. The standard InChI is InChI=1S/C11H20N2O5/c12-6-8-11(16)10(15)7(18-8)5-9(14)13-1-3-17-4-2-13/h7-8,10-11,15-16H,1-6,12H2/t7-,8+,10-,11+/m0/s1. The van der Waals surface area contributed by atoms with Crippen molar-refractivity contribution in [2.75, 3.05) is 32.8 Å². The van der Waals surface area contributed by atoms with Crippen molar-refractivity contribution in [3.8, 4) is 0 Å². The van der Waals surface area contributed by atoms with Crippen molar-refractivity contribution in [1.29, 1.82) is 0 Å². The summed E-state index contributed by atoms with van der Waals surface area (Å²) in [6.07, 6.45) is -3.28. The van der Waals surface area contributed by atoms with Crippen LogP contribution in [0.1, 0.15) is 6.42 Å². The van der Waals surface area contributed by atoms with Gasteiger partial charge in [0.05, 0.1) is 31.8 Å². The molecule has 104 valence electrons. The van der Waals surface area contributed by atoms with E-state index in [1.165, 1.54) is 0 Å². The third-order valence-corrected chi connectivity index (χ3v) is 3.43. The quantitative estimate of drug-likeness (QED) is 0.526. The number of ether oxygens (including phenoxy) is 2. The summed E-state index contributed by atoms with van der Waals surface area (Å²) < 4.78 is 10.6. The molecule has 0 spiro atoms. The lowest BCUT2D eigenvalue weighted by Crippen LogP contribution is -2.43. The highest BCUT2D eigenvalue weighted by molar-refractivity contribution is 5.77. The molecule has 2 aliphatic heterocycles. The lowest BCUT2D eigenvalue weighted by atomic mass is 10.1. The molecule has 1 amide bonds. The maximum Gasteiger partial charge on any atom is 0.225 e. The monoisotopic (exact) mass is 260 g/mol. The van der Waals surface area contributed by atoms with Crippen LogP contribution in [0.3, 0.4) is 0 Å². The van der Waals surface area contributed by atoms with Gasteiger partial charge in [-0.3, -0.25) is 4.79 Å². The molecule has 0 bridgehead atoms. The average molecular weight is 260 g/mol. The van der Waals surface area contributed by atoms with Crippen molar-refractivity contribution >= 4 is 5.91 Å². The van der Waals surface area contributed by atoms with Gasteiger partial charge in [-0.25, -0.2) is 0 Å². The Morgan fingerprint density at radius 2 is 1.83 bits per heavy atom. The van der Waals surface area contributed by atoms with Gasteiger partial charge in [0.2, 0.25) is 5.91 Å². The van der Waals surface area contributed by atoms with Gasteiger partial charge in [0.1, 0.15) is 12.2 Å². The average Bonchev–Trinajstić information content (AvgIpc) is 2.67. The molecule has 0 radical (unpaired) electrons. The predicted molar refractivity (Wildman–Crippen MR) is 61.7 cm³/mol. The highest BCUT2D eigenvalue weighted by Gasteiger charge is 2.43. The zero-order chi connectivity index (χ0) is 13.1. The van der Waals surface area contributed by atoms with Crippen molar-refractivity contribution in [3.63, 3.8) is 0 Å². The first-order valence-electron chi connectivity index (χ1n) is 6.20. The van der Waals surface area contributed by atoms with Gasteiger partial charge in [0.25, 0.3) is 0 Å². The topological polar surface area (TPSA) is 105 Å². The Bertz CT molecular complexity index is 295. The molecule has 2 aliphatic rings. The third kappa shape index (κ3) is 2.81.